The molecule has 2 aliphatic rings. The summed E-state index contributed by atoms with van der Waals surface area (Å²) in [4.78, 5) is 2.57. The molecule has 4 heteroatoms. The summed E-state index contributed by atoms with van der Waals surface area (Å²) in [5.74, 6) is 2.57. The summed E-state index contributed by atoms with van der Waals surface area (Å²) in [6.07, 6.45) is 2.24. The number of hydrogen-bond donors (Lipinski definition) is 1. The van der Waals surface area contributed by atoms with Gasteiger partial charge in [-0.25, -0.2) is 0 Å². The second-order valence-electron chi connectivity index (χ2n) is 6.14. The monoisotopic (exact) mass is 290 g/mol. The first kappa shape index (κ1) is 14.7. The second-order valence-corrected chi connectivity index (χ2v) is 6.14. The van der Waals surface area contributed by atoms with E-state index >= 15 is 0 Å². The fourth-order valence-corrected chi connectivity index (χ4v) is 3.32. The summed E-state index contributed by atoms with van der Waals surface area (Å²) in [6.45, 7) is 7.27. The van der Waals surface area contributed by atoms with Crippen molar-refractivity contribution in [2.24, 2.45) is 5.92 Å². The van der Waals surface area contributed by atoms with Crippen LogP contribution in [0.3, 0.4) is 0 Å². The van der Waals surface area contributed by atoms with Gasteiger partial charge in [0.2, 0.25) is 0 Å². The van der Waals surface area contributed by atoms with Crippen molar-refractivity contribution in [1.82, 2.24) is 10.2 Å². The van der Waals surface area contributed by atoms with Crippen molar-refractivity contribution in [2.75, 3.05) is 39.9 Å². The van der Waals surface area contributed by atoms with Crippen molar-refractivity contribution in [2.45, 2.75) is 25.8 Å². The quantitative estimate of drug-likeness (QED) is 0.923. The van der Waals surface area contributed by atoms with Crippen LogP contribution in [0.4, 0.5) is 0 Å². The molecule has 0 amide bonds. The maximum Gasteiger partial charge on any atom is 0.161 e. The van der Waals surface area contributed by atoms with E-state index in [1.807, 2.05) is 7.05 Å². The first-order chi connectivity index (χ1) is 10.3. The van der Waals surface area contributed by atoms with Crippen LogP contribution >= 0.6 is 0 Å². The van der Waals surface area contributed by atoms with Gasteiger partial charge in [0.15, 0.2) is 11.5 Å². The highest BCUT2D eigenvalue weighted by Crippen LogP contribution is 2.35. The third-order valence-corrected chi connectivity index (χ3v) is 4.61. The zero-order valence-electron chi connectivity index (χ0n) is 13.1. The minimum Gasteiger partial charge on any atom is -0.490 e. The topological polar surface area (TPSA) is 33.7 Å². The average molecular weight is 290 g/mol. The molecule has 2 heterocycles. The highest BCUT2D eigenvalue weighted by molar-refractivity contribution is 5.44. The molecule has 4 nitrogen and oxygen atoms in total. The normalized spacial score (nSPS) is 23.8. The number of nitrogens with one attached hydrogen (secondary N) is 1. The minimum atomic E-state index is 0.434. The Hall–Kier alpha value is -1.26. The Morgan fingerprint density at radius 3 is 2.90 bits per heavy atom. The summed E-state index contributed by atoms with van der Waals surface area (Å²) >= 11 is 0. The van der Waals surface area contributed by atoms with E-state index in [2.05, 4.69) is 35.3 Å². The molecule has 21 heavy (non-hydrogen) atoms. The number of fused-ring (bicyclic) bond motifs is 1. The molecule has 116 valence electrons. The van der Waals surface area contributed by atoms with Gasteiger partial charge >= 0.3 is 0 Å². The van der Waals surface area contributed by atoms with Crippen LogP contribution in [0.2, 0.25) is 0 Å². The van der Waals surface area contributed by atoms with Gasteiger partial charge in [0.1, 0.15) is 0 Å². The Kier molecular flexibility index (Phi) is 4.66. The van der Waals surface area contributed by atoms with Crippen molar-refractivity contribution in [3.8, 4) is 11.5 Å². The Morgan fingerprint density at radius 1 is 1.29 bits per heavy atom. The molecule has 1 aromatic carbocycles. The highest BCUT2D eigenvalue weighted by atomic mass is 16.5. The predicted molar refractivity (Wildman–Crippen MR) is 84.1 cm³/mol. The van der Waals surface area contributed by atoms with Crippen molar-refractivity contribution in [3.63, 3.8) is 0 Å². The summed E-state index contributed by atoms with van der Waals surface area (Å²) in [7, 11) is 2.04. The van der Waals surface area contributed by atoms with Crippen LogP contribution in [0.1, 0.15) is 31.4 Å². The van der Waals surface area contributed by atoms with Gasteiger partial charge in [-0.05, 0) is 57.1 Å². The minimum absolute atomic E-state index is 0.434. The summed E-state index contributed by atoms with van der Waals surface area (Å²) in [5.41, 5.74) is 1.32. The average Bonchev–Trinajstić information content (AvgIpc) is 2.83. The lowest BCUT2D eigenvalue weighted by Crippen LogP contribution is -2.27. The molecule has 1 saturated heterocycles. The largest absolute Gasteiger partial charge is 0.490 e. The number of rotatable bonds is 4. The third-order valence-electron chi connectivity index (χ3n) is 4.61. The SMILES string of the molecule is CNCC1CCN(C(C)c2ccc3c(c2)OCCCO3)C1. The molecule has 0 aliphatic carbocycles. The molecular formula is C17H26N2O2. The molecule has 2 unspecified atom stereocenters. The first-order valence-corrected chi connectivity index (χ1v) is 8.06. The van der Waals surface area contributed by atoms with E-state index in [4.69, 9.17) is 9.47 Å². The number of nitrogens with zero attached hydrogens (tertiary/aromatic N) is 1. The zero-order chi connectivity index (χ0) is 14.7. The van der Waals surface area contributed by atoms with Crippen LogP contribution in [-0.2, 0) is 0 Å². The number of likely N-dealkylation sites (tertiary alicyclic amines) is 1. The van der Waals surface area contributed by atoms with Crippen LogP contribution in [0.15, 0.2) is 18.2 Å². The van der Waals surface area contributed by atoms with Gasteiger partial charge in [-0.2, -0.15) is 0 Å². The maximum atomic E-state index is 5.81. The van der Waals surface area contributed by atoms with Crippen LogP contribution in [0, 0.1) is 5.92 Å². The molecule has 2 aliphatic heterocycles. The Bertz CT molecular complexity index is 478. The van der Waals surface area contributed by atoms with Crippen LogP contribution in [0.5, 0.6) is 11.5 Å². The van der Waals surface area contributed by atoms with E-state index < -0.39 is 0 Å². The van der Waals surface area contributed by atoms with E-state index in [1.54, 1.807) is 0 Å². The lowest BCUT2D eigenvalue weighted by Gasteiger charge is -2.25. The third kappa shape index (κ3) is 3.33. The summed E-state index contributed by atoms with van der Waals surface area (Å²) in [6, 6.07) is 6.84. The van der Waals surface area contributed by atoms with Gasteiger partial charge in [0, 0.05) is 19.0 Å². The Morgan fingerprint density at radius 2 is 2.10 bits per heavy atom. The standard InChI is InChI=1S/C17H26N2O2/c1-13(19-7-6-14(12-19)11-18-2)15-4-5-16-17(10-15)21-9-3-8-20-16/h4-5,10,13-14,18H,3,6-9,11-12H2,1-2H3. The number of ether oxygens (including phenoxy) is 2. The number of hydrogen-bond acceptors (Lipinski definition) is 4. The van der Waals surface area contributed by atoms with Crippen LogP contribution in [-0.4, -0.2) is 44.8 Å². The highest BCUT2D eigenvalue weighted by Gasteiger charge is 2.26. The van der Waals surface area contributed by atoms with Gasteiger partial charge in [0.25, 0.3) is 0 Å². The molecule has 0 spiro atoms. The molecule has 3 rings (SSSR count). The van der Waals surface area contributed by atoms with E-state index in [0.29, 0.717) is 6.04 Å². The summed E-state index contributed by atoms with van der Waals surface area (Å²) < 4.78 is 11.5. The molecule has 1 aromatic rings. The van der Waals surface area contributed by atoms with Gasteiger partial charge < -0.3 is 14.8 Å². The fourth-order valence-electron chi connectivity index (χ4n) is 3.32. The maximum absolute atomic E-state index is 5.81. The molecule has 2 atom stereocenters. The number of benzene rings is 1. The predicted octanol–water partition coefficient (Wildman–Crippen LogP) is 2.45. The lowest BCUT2D eigenvalue weighted by atomic mass is 10.1. The van der Waals surface area contributed by atoms with Crippen molar-refractivity contribution in [1.29, 1.82) is 0 Å². The molecule has 1 N–H and O–H groups in total. The van der Waals surface area contributed by atoms with Crippen molar-refractivity contribution in [3.05, 3.63) is 23.8 Å². The smallest absolute Gasteiger partial charge is 0.161 e. The molecular weight excluding hydrogens is 264 g/mol. The molecule has 0 bridgehead atoms. The van der Waals surface area contributed by atoms with E-state index in [0.717, 1.165) is 43.6 Å². The van der Waals surface area contributed by atoms with E-state index in [-0.39, 0.29) is 0 Å². The van der Waals surface area contributed by atoms with Gasteiger partial charge in [-0.3, -0.25) is 4.90 Å². The summed E-state index contributed by atoms with van der Waals surface area (Å²) in [5, 5.41) is 3.29. The molecule has 1 fully saturated rings. The molecule has 0 aromatic heterocycles. The van der Waals surface area contributed by atoms with Gasteiger partial charge in [-0.1, -0.05) is 6.07 Å². The molecule has 0 saturated carbocycles. The Labute approximate surface area is 127 Å². The van der Waals surface area contributed by atoms with E-state index in [1.165, 1.54) is 25.1 Å². The van der Waals surface area contributed by atoms with E-state index in [9.17, 15) is 0 Å². The molecule has 0 radical (unpaired) electrons. The van der Waals surface area contributed by atoms with Crippen LogP contribution < -0.4 is 14.8 Å². The first-order valence-electron chi connectivity index (χ1n) is 8.06. The van der Waals surface area contributed by atoms with Crippen molar-refractivity contribution < 1.29 is 9.47 Å². The zero-order valence-corrected chi connectivity index (χ0v) is 13.1. The second kappa shape index (κ2) is 6.67. The Balaban J connectivity index is 1.70. The van der Waals surface area contributed by atoms with Crippen LogP contribution in [0.25, 0.3) is 0 Å². The van der Waals surface area contributed by atoms with Gasteiger partial charge in [0.05, 0.1) is 13.2 Å². The van der Waals surface area contributed by atoms with Gasteiger partial charge in [-0.15, -0.1) is 0 Å². The van der Waals surface area contributed by atoms with Crippen molar-refractivity contribution >= 4 is 0 Å². The lowest BCUT2D eigenvalue weighted by molar-refractivity contribution is 0.251. The fraction of sp³-hybridized carbons (Fsp3) is 0.647.